The molecule has 0 spiro atoms. The molecule has 0 aromatic heterocycles. The van der Waals surface area contributed by atoms with E-state index < -0.39 is 0 Å². The van der Waals surface area contributed by atoms with Crippen LogP contribution < -0.4 is 5.32 Å². The molecule has 0 atom stereocenters. The Morgan fingerprint density at radius 2 is 2.20 bits per heavy atom. The molecule has 1 aromatic rings. The minimum atomic E-state index is 0.228. The van der Waals surface area contributed by atoms with Gasteiger partial charge in [-0.2, -0.15) is 0 Å². The zero-order valence-corrected chi connectivity index (χ0v) is 8.99. The van der Waals surface area contributed by atoms with E-state index in [0.717, 1.165) is 30.9 Å². The van der Waals surface area contributed by atoms with Gasteiger partial charge < -0.3 is 10.2 Å². The first kappa shape index (κ1) is 10.0. The highest BCUT2D eigenvalue weighted by molar-refractivity contribution is 5.81. The first-order valence-corrected chi connectivity index (χ1v) is 5.41. The number of hydrogen-bond acceptors (Lipinski definition) is 2. The molecule has 1 N–H and O–H groups in total. The molecule has 3 nitrogen and oxygen atoms in total. The van der Waals surface area contributed by atoms with Crippen LogP contribution in [0.4, 0.5) is 5.69 Å². The Morgan fingerprint density at radius 1 is 1.40 bits per heavy atom. The fraction of sp³-hybridized carbons (Fsp3) is 0.417. The molecule has 0 bridgehead atoms. The van der Waals surface area contributed by atoms with E-state index in [1.165, 1.54) is 0 Å². The Morgan fingerprint density at radius 3 is 3.00 bits per heavy atom. The lowest BCUT2D eigenvalue weighted by Crippen LogP contribution is -2.37. The molecular weight excluding hydrogens is 188 g/mol. The minimum Gasteiger partial charge on any atom is -0.383 e. The van der Waals surface area contributed by atoms with Gasteiger partial charge in [-0.1, -0.05) is 18.2 Å². The number of anilines is 1. The molecule has 0 saturated carbocycles. The van der Waals surface area contributed by atoms with Gasteiger partial charge in [-0.3, -0.25) is 4.79 Å². The Bertz CT molecular complexity index is 362. The number of fused-ring (bicyclic) bond motifs is 1. The Labute approximate surface area is 90.1 Å². The van der Waals surface area contributed by atoms with E-state index >= 15 is 0 Å². The quantitative estimate of drug-likeness (QED) is 0.752. The number of para-hydroxylation sites is 1. The summed E-state index contributed by atoms with van der Waals surface area (Å²) < 4.78 is 0. The number of likely N-dealkylation sites (N-methyl/N-ethyl adjacent to an activating group) is 1. The van der Waals surface area contributed by atoms with Gasteiger partial charge >= 0.3 is 0 Å². The maximum atomic E-state index is 11.9. The summed E-state index contributed by atoms with van der Waals surface area (Å²) >= 11 is 0. The van der Waals surface area contributed by atoms with Gasteiger partial charge in [0, 0.05) is 25.3 Å². The summed E-state index contributed by atoms with van der Waals surface area (Å²) in [6, 6.07) is 8.02. The van der Waals surface area contributed by atoms with E-state index in [4.69, 9.17) is 0 Å². The van der Waals surface area contributed by atoms with Crippen molar-refractivity contribution in [1.82, 2.24) is 4.90 Å². The van der Waals surface area contributed by atoms with E-state index in [2.05, 4.69) is 5.32 Å². The van der Waals surface area contributed by atoms with E-state index in [9.17, 15) is 4.79 Å². The van der Waals surface area contributed by atoms with E-state index in [1.807, 2.05) is 36.1 Å². The molecule has 0 fully saturated rings. The average molecular weight is 204 g/mol. The summed E-state index contributed by atoms with van der Waals surface area (Å²) in [4.78, 5) is 13.8. The summed E-state index contributed by atoms with van der Waals surface area (Å²) in [6.07, 6.45) is 0.511. The topological polar surface area (TPSA) is 32.3 Å². The number of nitrogens with one attached hydrogen (secondary N) is 1. The van der Waals surface area contributed by atoms with Crippen LogP contribution in [0.3, 0.4) is 0 Å². The predicted octanol–water partition coefficient (Wildman–Crippen LogP) is 1.50. The number of rotatable bonds is 1. The monoisotopic (exact) mass is 204 g/mol. The van der Waals surface area contributed by atoms with Crippen molar-refractivity contribution in [2.75, 3.05) is 25.0 Å². The molecule has 0 aliphatic carbocycles. The molecule has 15 heavy (non-hydrogen) atoms. The summed E-state index contributed by atoms with van der Waals surface area (Å²) in [6.45, 7) is 4.44. The second-order valence-corrected chi connectivity index (χ2v) is 3.73. The van der Waals surface area contributed by atoms with Gasteiger partial charge in [0.1, 0.15) is 0 Å². The number of benzene rings is 1. The van der Waals surface area contributed by atoms with Crippen molar-refractivity contribution in [3.63, 3.8) is 0 Å². The molecule has 3 heteroatoms. The molecule has 0 radical (unpaired) electrons. The van der Waals surface area contributed by atoms with E-state index in [0.29, 0.717) is 6.42 Å². The maximum Gasteiger partial charge on any atom is 0.227 e. The Kier molecular flexibility index (Phi) is 2.90. The molecule has 80 valence electrons. The third-order valence-corrected chi connectivity index (χ3v) is 2.79. The van der Waals surface area contributed by atoms with E-state index in [-0.39, 0.29) is 5.91 Å². The summed E-state index contributed by atoms with van der Waals surface area (Å²) in [5, 5.41) is 3.36. The standard InChI is InChI=1S/C12H16N2O/c1-2-14-8-7-13-11-6-4-3-5-10(11)9-12(14)15/h3-6,13H,2,7-9H2,1H3. The van der Waals surface area contributed by atoms with Gasteiger partial charge in [0.15, 0.2) is 0 Å². The molecule has 1 heterocycles. The lowest BCUT2D eigenvalue weighted by Gasteiger charge is -2.25. The fourth-order valence-electron chi connectivity index (χ4n) is 1.91. The first-order valence-electron chi connectivity index (χ1n) is 5.41. The van der Waals surface area contributed by atoms with Crippen LogP contribution >= 0.6 is 0 Å². The molecule has 1 aliphatic rings. The van der Waals surface area contributed by atoms with Gasteiger partial charge in [0.25, 0.3) is 0 Å². The molecule has 1 aliphatic heterocycles. The highest BCUT2D eigenvalue weighted by atomic mass is 16.2. The molecular formula is C12H16N2O. The third kappa shape index (κ3) is 2.12. The SMILES string of the molecule is CCN1CCNc2ccccc2CC1=O. The van der Waals surface area contributed by atoms with Gasteiger partial charge in [-0.15, -0.1) is 0 Å². The molecule has 1 aromatic carbocycles. The van der Waals surface area contributed by atoms with Crippen LogP contribution in [0.15, 0.2) is 24.3 Å². The first-order chi connectivity index (χ1) is 7.31. The number of amides is 1. The molecule has 0 unspecified atom stereocenters. The van der Waals surface area contributed by atoms with Crippen molar-refractivity contribution in [2.24, 2.45) is 0 Å². The normalized spacial score (nSPS) is 16.3. The van der Waals surface area contributed by atoms with Gasteiger partial charge in [0.2, 0.25) is 5.91 Å². The largest absolute Gasteiger partial charge is 0.383 e. The fourth-order valence-corrected chi connectivity index (χ4v) is 1.91. The zero-order valence-electron chi connectivity index (χ0n) is 8.99. The lowest BCUT2D eigenvalue weighted by atomic mass is 10.1. The number of hydrogen-bond donors (Lipinski definition) is 1. The van der Waals surface area contributed by atoms with Crippen molar-refractivity contribution in [3.05, 3.63) is 29.8 Å². The summed E-state index contributed by atoms with van der Waals surface area (Å²) in [5.41, 5.74) is 2.20. The van der Waals surface area contributed by atoms with Gasteiger partial charge in [-0.05, 0) is 18.6 Å². The second-order valence-electron chi connectivity index (χ2n) is 3.73. The maximum absolute atomic E-state index is 11.9. The van der Waals surface area contributed by atoms with Crippen molar-refractivity contribution in [1.29, 1.82) is 0 Å². The summed E-state index contributed by atoms with van der Waals surface area (Å²) in [5.74, 6) is 0.228. The zero-order chi connectivity index (χ0) is 10.7. The van der Waals surface area contributed by atoms with Crippen molar-refractivity contribution >= 4 is 11.6 Å². The Balaban J connectivity index is 2.24. The van der Waals surface area contributed by atoms with Gasteiger partial charge in [0.05, 0.1) is 6.42 Å². The molecule has 2 rings (SSSR count). The highest BCUT2D eigenvalue weighted by Crippen LogP contribution is 2.17. The minimum absolute atomic E-state index is 0.228. The van der Waals surface area contributed by atoms with Crippen LogP contribution in [-0.2, 0) is 11.2 Å². The smallest absolute Gasteiger partial charge is 0.227 e. The van der Waals surface area contributed by atoms with Gasteiger partial charge in [-0.25, -0.2) is 0 Å². The summed E-state index contributed by atoms with van der Waals surface area (Å²) in [7, 11) is 0. The lowest BCUT2D eigenvalue weighted by molar-refractivity contribution is -0.130. The van der Waals surface area contributed by atoms with E-state index in [1.54, 1.807) is 0 Å². The van der Waals surface area contributed by atoms with Crippen molar-refractivity contribution in [3.8, 4) is 0 Å². The molecule has 0 saturated heterocycles. The predicted molar refractivity (Wildman–Crippen MR) is 60.9 cm³/mol. The third-order valence-electron chi connectivity index (χ3n) is 2.79. The van der Waals surface area contributed by atoms with Crippen molar-refractivity contribution < 1.29 is 4.79 Å². The Hall–Kier alpha value is -1.51. The number of carbonyl (C=O) groups is 1. The number of carbonyl (C=O) groups excluding carboxylic acids is 1. The van der Waals surface area contributed by atoms with Crippen LogP contribution in [0.25, 0.3) is 0 Å². The van der Waals surface area contributed by atoms with Crippen molar-refractivity contribution in [2.45, 2.75) is 13.3 Å². The average Bonchev–Trinajstić information content (AvgIpc) is 2.23. The van der Waals surface area contributed by atoms with Crippen LogP contribution in [0, 0.1) is 0 Å². The molecule has 1 amide bonds. The van der Waals surface area contributed by atoms with Crippen LogP contribution in [0.5, 0.6) is 0 Å². The number of nitrogens with zero attached hydrogens (tertiary/aromatic N) is 1. The second kappa shape index (κ2) is 4.34. The highest BCUT2D eigenvalue weighted by Gasteiger charge is 2.16. The van der Waals surface area contributed by atoms with Crippen LogP contribution in [0.1, 0.15) is 12.5 Å². The van der Waals surface area contributed by atoms with Crippen LogP contribution in [-0.4, -0.2) is 30.4 Å². The van der Waals surface area contributed by atoms with Crippen LogP contribution in [0.2, 0.25) is 0 Å².